The first-order valence-electron chi connectivity index (χ1n) is 5.23. The number of esters is 1. The van der Waals surface area contributed by atoms with Crippen LogP contribution >= 0.6 is 11.6 Å². The summed E-state index contributed by atoms with van der Waals surface area (Å²) in [5, 5.41) is 30.5. The van der Waals surface area contributed by atoms with Crippen molar-refractivity contribution in [2.75, 3.05) is 7.11 Å². The summed E-state index contributed by atoms with van der Waals surface area (Å²) in [6.45, 7) is 0. The lowest BCUT2D eigenvalue weighted by molar-refractivity contribution is -0.386. The fourth-order valence-corrected chi connectivity index (χ4v) is 1.66. The van der Waals surface area contributed by atoms with Gasteiger partial charge in [0.15, 0.2) is 0 Å². The Kier molecular flexibility index (Phi) is 5.22. The predicted molar refractivity (Wildman–Crippen MR) is 65.7 cm³/mol. The molecule has 0 radical (unpaired) electrons. The van der Waals surface area contributed by atoms with Crippen LogP contribution in [0.2, 0.25) is 5.02 Å². The number of carbonyl (C=O) groups is 1. The van der Waals surface area contributed by atoms with Crippen LogP contribution in [-0.4, -0.2) is 34.3 Å². The number of benzene rings is 1. The first kappa shape index (κ1) is 15.4. The summed E-state index contributed by atoms with van der Waals surface area (Å²) >= 11 is 5.63. The van der Waals surface area contributed by atoms with E-state index in [1.54, 1.807) is 0 Å². The highest BCUT2D eigenvalue weighted by Gasteiger charge is 2.28. The van der Waals surface area contributed by atoms with E-state index < -0.39 is 35.2 Å². The van der Waals surface area contributed by atoms with Crippen molar-refractivity contribution in [3.05, 3.63) is 38.9 Å². The van der Waals surface area contributed by atoms with Gasteiger partial charge < -0.3 is 14.9 Å². The van der Waals surface area contributed by atoms with Crippen molar-refractivity contribution < 1.29 is 24.7 Å². The van der Waals surface area contributed by atoms with Gasteiger partial charge in [-0.2, -0.15) is 0 Å². The average Bonchev–Trinajstić information content (AvgIpc) is 2.37. The number of nitrogens with zero attached hydrogens (tertiary/aromatic N) is 1. The van der Waals surface area contributed by atoms with E-state index in [1.807, 2.05) is 0 Å². The van der Waals surface area contributed by atoms with E-state index in [0.717, 1.165) is 13.2 Å². The Balaban J connectivity index is 3.01. The van der Waals surface area contributed by atoms with Crippen LogP contribution in [0.15, 0.2) is 18.2 Å². The van der Waals surface area contributed by atoms with Gasteiger partial charge in [0.25, 0.3) is 5.69 Å². The molecule has 0 bridgehead atoms. The third-order valence-electron chi connectivity index (χ3n) is 2.48. The van der Waals surface area contributed by atoms with Crippen LogP contribution in [0.3, 0.4) is 0 Å². The molecular formula is C11H12ClNO6. The molecule has 0 aliphatic rings. The SMILES string of the molecule is COC(=O)CC(O)C(O)c1ccc(Cl)cc1[N+](=O)[O-]. The molecule has 0 aliphatic heterocycles. The Morgan fingerprint density at radius 3 is 2.68 bits per heavy atom. The summed E-state index contributed by atoms with van der Waals surface area (Å²) in [4.78, 5) is 21.1. The largest absolute Gasteiger partial charge is 0.469 e. The number of rotatable bonds is 5. The van der Waals surface area contributed by atoms with Gasteiger partial charge in [-0.15, -0.1) is 0 Å². The highest BCUT2D eigenvalue weighted by atomic mass is 35.5. The van der Waals surface area contributed by atoms with Crippen molar-refractivity contribution in [1.82, 2.24) is 0 Å². The maximum atomic E-state index is 11.0. The Labute approximate surface area is 113 Å². The molecule has 0 heterocycles. The predicted octanol–water partition coefficient (Wildman–Crippen LogP) is 1.21. The molecule has 2 N–H and O–H groups in total. The zero-order valence-electron chi connectivity index (χ0n) is 9.95. The lowest BCUT2D eigenvalue weighted by Gasteiger charge is -2.17. The normalized spacial score (nSPS) is 13.7. The van der Waals surface area contributed by atoms with Gasteiger partial charge in [-0.05, 0) is 12.1 Å². The molecule has 0 aromatic heterocycles. The molecule has 104 valence electrons. The quantitative estimate of drug-likeness (QED) is 0.479. The van der Waals surface area contributed by atoms with Crippen molar-refractivity contribution in [1.29, 1.82) is 0 Å². The summed E-state index contributed by atoms with van der Waals surface area (Å²) in [5.41, 5.74) is -0.547. The van der Waals surface area contributed by atoms with Gasteiger partial charge in [-0.25, -0.2) is 0 Å². The number of nitro groups is 1. The number of nitro benzene ring substituents is 1. The van der Waals surface area contributed by atoms with E-state index in [0.29, 0.717) is 0 Å². The van der Waals surface area contributed by atoms with E-state index in [4.69, 9.17) is 11.6 Å². The monoisotopic (exact) mass is 289 g/mol. The Hall–Kier alpha value is -1.70. The summed E-state index contributed by atoms with van der Waals surface area (Å²) in [6.07, 6.45) is -3.57. The van der Waals surface area contributed by atoms with Gasteiger partial charge >= 0.3 is 5.97 Å². The average molecular weight is 290 g/mol. The molecule has 2 atom stereocenters. The van der Waals surface area contributed by atoms with Gasteiger partial charge in [0, 0.05) is 11.1 Å². The molecule has 0 spiro atoms. The van der Waals surface area contributed by atoms with Crippen LogP contribution in [0.25, 0.3) is 0 Å². The van der Waals surface area contributed by atoms with Gasteiger partial charge in [0.05, 0.1) is 30.1 Å². The number of carbonyl (C=O) groups excluding carboxylic acids is 1. The van der Waals surface area contributed by atoms with Crippen molar-refractivity contribution in [3.63, 3.8) is 0 Å². The molecule has 0 aliphatic carbocycles. The first-order chi connectivity index (χ1) is 8.86. The maximum Gasteiger partial charge on any atom is 0.308 e. The fraction of sp³-hybridized carbons (Fsp3) is 0.364. The fourth-order valence-electron chi connectivity index (χ4n) is 1.50. The molecule has 2 unspecified atom stereocenters. The molecule has 8 heteroatoms. The van der Waals surface area contributed by atoms with Crippen LogP contribution in [0.4, 0.5) is 5.69 Å². The Morgan fingerprint density at radius 2 is 2.16 bits per heavy atom. The molecule has 0 saturated heterocycles. The molecule has 0 amide bonds. The number of hydrogen-bond acceptors (Lipinski definition) is 6. The number of methoxy groups -OCH3 is 1. The lowest BCUT2D eigenvalue weighted by atomic mass is 10.0. The van der Waals surface area contributed by atoms with Crippen molar-refractivity contribution in [2.45, 2.75) is 18.6 Å². The summed E-state index contributed by atoms with van der Waals surface area (Å²) in [7, 11) is 1.13. The van der Waals surface area contributed by atoms with Gasteiger partial charge in [-0.1, -0.05) is 11.6 Å². The maximum absolute atomic E-state index is 11.0. The molecule has 7 nitrogen and oxygen atoms in total. The number of halogens is 1. The minimum atomic E-state index is -1.59. The second-order valence-electron chi connectivity index (χ2n) is 3.75. The van der Waals surface area contributed by atoms with E-state index >= 15 is 0 Å². The molecular weight excluding hydrogens is 278 g/mol. The Morgan fingerprint density at radius 1 is 1.53 bits per heavy atom. The topological polar surface area (TPSA) is 110 Å². The molecule has 19 heavy (non-hydrogen) atoms. The van der Waals surface area contributed by atoms with E-state index in [1.165, 1.54) is 12.1 Å². The van der Waals surface area contributed by atoms with Crippen LogP contribution < -0.4 is 0 Å². The van der Waals surface area contributed by atoms with Crippen LogP contribution in [-0.2, 0) is 9.53 Å². The van der Waals surface area contributed by atoms with Crippen molar-refractivity contribution in [2.24, 2.45) is 0 Å². The van der Waals surface area contributed by atoms with E-state index in [2.05, 4.69) is 4.74 Å². The molecule has 1 aromatic rings. The standard InChI is InChI=1S/C11H12ClNO6/c1-19-10(15)5-9(14)11(16)7-3-2-6(12)4-8(7)13(17)18/h2-4,9,11,14,16H,5H2,1H3. The van der Waals surface area contributed by atoms with E-state index in [-0.39, 0.29) is 10.6 Å². The number of aliphatic hydroxyl groups excluding tert-OH is 2. The minimum Gasteiger partial charge on any atom is -0.469 e. The third-order valence-corrected chi connectivity index (χ3v) is 2.71. The van der Waals surface area contributed by atoms with Gasteiger partial charge in [-0.3, -0.25) is 14.9 Å². The van der Waals surface area contributed by atoms with Crippen molar-refractivity contribution in [3.8, 4) is 0 Å². The number of hydrogen-bond donors (Lipinski definition) is 2. The zero-order chi connectivity index (χ0) is 14.6. The smallest absolute Gasteiger partial charge is 0.308 e. The highest BCUT2D eigenvalue weighted by molar-refractivity contribution is 6.30. The first-order valence-corrected chi connectivity index (χ1v) is 5.61. The van der Waals surface area contributed by atoms with Crippen molar-refractivity contribution >= 4 is 23.3 Å². The molecule has 0 fully saturated rings. The summed E-state index contributed by atoms with van der Waals surface area (Å²) in [5.74, 6) is -0.733. The second-order valence-corrected chi connectivity index (χ2v) is 4.19. The lowest BCUT2D eigenvalue weighted by Crippen LogP contribution is -2.23. The molecule has 1 aromatic carbocycles. The number of aliphatic hydroxyl groups is 2. The molecule has 1 rings (SSSR count). The van der Waals surface area contributed by atoms with Gasteiger partial charge in [0.2, 0.25) is 0 Å². The highest BCUT2D eigenvalue weighted by Crippen LogP contribution is 2.30. The van der Waals surface area contributed by atoms with E-state index in [9.17, 15) is 25.1 Å². The zero-order valence-corrected chi connectivity index (χ0v) is 10.7. The van der Waals surface area contributed by atoms with Crippen LogP contribution in [0, 0.1) is 10.1 Å². The summed E-state index contributed by atoms with van der Waals surface area (Å²) in [6, 6.07) is 3.63. The molecule has 0 saturated carbocycles. The Bertz CT molecular complexity index is 492. The number of ether oxygens (including phenoxy) is 1. The van der Waals surface area contributed by atoms with Crippen LogP contribution in [0.5, 0.6) is 0 Å². The minimum absolute atomic E-state index is 0.120. The summed E-state index contributed by atoms with van der Waals surface area (Å²) < 4.78 is 4.34. The third kappa shape index (κ3) is 3.88. The second kappa shape index (κ2) is 6.46. The van der Waals surface area contributed by atoms with Gasteiger partial charge in [0.1, 0.15) is 6.10 Å². The van der Waals surface area contributed by atoms with Crippen LogP contribution in [0.1, 0.15) is 18.1 Å².